The second-order valence-corrected chi connectivity index (χ2v) is 5.56. The van der Waals surface area contributed by atoms with Crippen LogP contribution in [-0.2, 0) is 4.74 Å². The molecular formula is C13H16O5S2. The normalized spacial score (nSPS) is 10.2. The van der Waals surface area contributed by atoms with E-state index in [2.05, 4.69) is 4.74 Å². The molecule has 0 amide bonds. The summed E-state index contributed by atoms with van der Waals surface area (Å²) >= 11 is 5.92. The van der Waals surface area contributed by atoms with E-state index in [1.165, 1.54) is 7.11 Å². The van der Waals surface area contributed by atoms with Crippen LogP contribution < -0.4 is 4.74 Å². The molecule has 20 heavy (non-hydrogen) atoms. The van der Waals surface area contributed by atoms with E-state index in [9.17, 15) is 14.7 Å². The maximum Gasteiger partial charge on any atom is 0.349 e. The van der Waals surface area contributed by atoms with E-state index in [1.54, 1.807) is 6.92 Å². The van der Waals surface area contributed by atoms with Crippen molar-refractivity contribution in [3.8, 4) is 5.75 Å². The summed E-state index contributed by atoms with van der Waals surface area (Å²) in [5.74, 6) is -1.59. The molecule has 0 spiro atoms. The summed E-state index contributed by atoms with van der Waals surface area (Å²) in [4.78, 5) is 23.0. The number of esters is 1. The van der Waals surface area contributed by atoms with E-state index in [0.29, 0.717) is 17.0 Å². The highest BCUT2D eigenvalue weighted by Crippen LogP contribution is 2.36. The van der Waals surface area contributed by atoms with Gasteiger partial charge in [0.25, 0.3) is 0 Å². The van der Waals surface area contributed by atoms with Gasteiger partial charge in [-0.1, -0.05) is 13.3 Å². The van der Waals surface area contributed by atoms with Crippen LogP contribution in [-0.4, -0.2) is 29.2 Å². The lowest BCUT2D eigenvalue weighted by molar-refractivity contribution is 0.0604. The third kappa shape index (κ3) is 3.77. The molecule has 1 aromatic heterocycles. The molecule has 1 aromatic rings. The van der Waals surface area contributed by atoms with Gasteiger partial charge in [-0.15, -0.1) is 11.3 Å². The van der Waals surface area contributed by atoms with Crippen LogP contribution in [0.25, 0.3) is 0 Å². The third-order valence-electron chi connectivity index (χ3n) is 2.61. The Hall–Kier alpha value is -1.47. The van der Waals surface area contributed by atoms with Crippen molar-refractivity contribution >= 4 is 40.5 Å². The number of hydrogen-bond acceptors (Lipinski definition) is 6. The number of thiophene rings is 1. The van der Waals surface area contributed by atoms with Crippen molar-refractivity contribution in [2.24, 2.45) is 0 Å². The highest BCUT2D eigenvalue weighted by Gasteiger charge is 2.26. The molecule has 0 aliphatic carbocycles. The number of methoxy groups -OCH3 is 1. The van der Waals surface area contributed by atoms with Crippen LogP contribution >= 0.6 is 23.6 Å². The van der Waals surface area contributed by atoms with Crippen LogP contribution in [0, 0.1) is 6.92 Å². The molecule has 0 radical (unpaired) electrons. The Morgan fingerprint density at radius 3 is 2.50 bits per heavy atom. The SMILES string of the molecule is CCCCC(=S)Oc1c(C(=O)O)sc(C(=O)OC)c1C. The third-order valence-corrected chi connectivity index (χ3v) is 4.14. The molecule has 1 rings (SSSR count). The van der Waals surface area contributed by atoms with Crippen LogP contribution in [0.3, 0.4) is 0 Å². The second-order valence-electron chi connectivity index (χ2n) is 4.09. The fraction of sp³-hybridized carbons (Fsp3) is 0.462. The molecule has 0 saturated heterocycles. The minimum absolute atomic E-state index is 0.0400. The molecule has 0 unspecified atom stereocenters. The lowest BCUT2D eigenvalue weighted by atomic mass is 10.2. The smallest absolute Gasteiger partial charge is 0.349 e. The van der Waals surface area contributed by atoms with Gasteiger partial charge in [-0.3, -0.25) is 0 Å². The van der Waals surface area contributed by atoms with Gasteiger partial charge < -0.3 is 14.6 Å². The van der Waals surface area contributed by atoms with Gasteiger partial charge >= 0.3 is 11.9 Å². The Kier molecular flexibility index (Phi) is 6.09. The van der Waals surface area contributed by atoms with Gasteiger partial charge in [0, 0.05) is 12.0 Å². The van der Waals surface area contributed by atoms with Gasteiger partial charge in [-0.2, -0.15) is 0 Å². The number of carbonyl (C=O) groups excluding carboxylic acids is 1. The zero-order valence-electron chi connectivity index (χ0n) is 11.5. The van der Waals surface area contributed by atoms with Crippen LogP contribution in [0.4, 0.5) is 0 Å². The topological polar surface area (TPSA) is 72.8 Å². The predicted molar refractivity (Wildman–Crippen MR) is 80.1 cm³/mol. The fourth-order valence-corrected chi connectivity index (χ4v) is 2.75. The number of hydrogen-bond donors (Lipinski definition) is 1. The lowest BCUT2D eigenvalue weighted by Gasteiger charge is -2.07. The van der Waals surface area contributed by atoms with Gasteiger partial charge in [0.15, 0.2) is 15.7 Å². The fourth-order valence-electron chi connectivity index (χ4n) is 1.54. The average Bonchev–Trinajstić information content (AvgIpc) is 2.73. The zero-order valence-corrected chi connectivity index (χ0v) is 13.2. The predicted octanol–water partition coefficient (Wildman–Crippen LogP) is 3.44. The van der Waals surface area contributed by atoms with E-state index in [4.69, 9.17) is 17.0 Å². The van der Waals surface area contributed by atoms with Crippen molar-refractivity contribution in [1.29, 1.82) is 0 Å². The molecule has 0 aromatic carbocycles. The molecule has 1 heterocycles. The Morgan fingerprint density at radius 1 is 1.35 bits per heavy atom. The van der Waals surface area contributed by atoms with Gasteiger partial charge in [0.1, 0.15) is 4.88 Å². The van der Waals surface area contributed by atoms with E-state index < -0.39 is 11.9 Å². The molecule has 0 atom stereocenters. The maximum absolute atomic E-state index is 11.6. The molecule has 0 saturated carbocycles. The number of carbonyl (C=O) groups is 2. The molecule has 5 nitrogen and oxygen atoms in total. The van der Waals surface area contributed by atoms with Gasteiger partial charge in [-0.25, -0.2) is 9.59 Å². The Bertz CT molecular complexity index is 533. The molecule has 110 valence electrons. The molecule has 0 fully saturated rings. The number of ether oxygens (including phenoxy) is 2. The molecule has 0 bridgehead atoms. The van der Waals surface area contributed by atoms with Crippen molar-refractivity contribution in [2.45, 2.75) is 33.1 Å². The Morgan fingerprint density at radius 2 is 2.00 bits per heavy atom. The summed E-state index contributed by atoms with van der Waals surface area (Å²) in [6, 6.07) is 0. The van der Waals surface area contributed by atoms with Crippen LogP contribution in [0.15, 0.2) is 0 Å². The molecular weight excluding hydrogens is 300 g/mol. The maximum atomic E-state index is 11.6. The van der Waals surface area contributed by atoms with Crippen molar-refractivity contribution in [3.63, 3.8) is 0 Å². The molecule has 0 aliphatic heterocycles. The van der Waals surface area contributed by atoms with E-state index in [0.717, 1.165) is 24.2 Å². The number of thiocarbonyl (C=S) groups is 1. The molecule has 7 heteroatoms. The number of carboxylic acids is 1. The van der Waals surface area contributed by atoms with Crippen LogP contribution in [0.1, 0.15) is 51.1 Å². The number of aromatic carboxylic acids is 1. The minimum atomic E-state index is -1.15. The van der Waals surface area contributed by atoms with Crippen LogP contribution in [0.2, 0.25) is 0 Å². The molecule has 1 N–H and O–H groups in total. The highest BCUT2D eigenvalue weighted by atomic mass is 32.1. The van der Waals surface area contributed by atoms with E-state index in [1.807, 2.05) is 6.92 Å². The summed E-state index contributed by atoms with van der Waals surface area (Å²) in [5.41, 5.74) is 0.443. The largest absolute Gasteiger partial charge is 0.477 e. The quantitative estimate of drug-likeness (QED) is 0.640. The van der Waals surface area contributed by atoms with Crippen molar-refractivity contribution < 1.29 is 24.2 Å². The van der Waals surface area contributed by atoms with Gasteiger partial charge in [-0.05, 0) is 25.6 Å². The monoisotopic (exact) mass is 316 g/mol. The first-order valence-corrected chi connectivity index (χ1v) is 7.30. The van der Waals surface area contributed by atoms with Crippen molar-refractivity contribution in [1.82, 2.24) is 0 Å². The lowest BCUT2D eigenvalue weighted by Crippen LogP contribution is -2.08. The number of unbranched alkanes of at least 4 members (excludes halogenated alkanes) is 1. The standard InChI is InChI=1S/C13H16O5S2/c1-4-5-6-8(19)18-9-7(2)10(13(16)17-3)20-11(9)12(14)15/h4-6H2,1-3H3,(H,14,15). The first-order valence-electron chi connectivity index (χ1n) is 6.08. The van der Waals surface area contributed by atoms with Gasteiger partial charge in [0.05, 0.1) is 7.11 Å². The van der Waals surface area contributed by atoms with E-state index in [-0.39, 0.29) is 15.5 Å². The first-order chi connectivity index (χ1) is 9.42. The Labute approximate surface area is 126 Å². The number of rotatable bonds is 6. The Balaban J connectivity index is 3.10. The first kappa shape index (κ1) is 16.6. The summed E-state index contributed by atoms with van der Waals surface area (Å²) in [6.07, 6.45) is 2.41. The van der Waals surface area contributed by atoms with Gasteiger partial charge in [0.2, 0.25) is 0 Å². The summed E-state index contributed by atoms with van der Waals surface area (Å²) in [5, 5.41) is 9.51. The highest BCUT2D eigenvalue weighted by molar-refractivity contribution is 7.80. The van der Waals surface area contributed by atoms with Crippen molar-refractivity contribution in [3.05, 3.63) is 15.3 Å². The summed E-state index contributed by atoms with van der Waals surface area (Å²) in [7, 11) is 1.24. The minimum Gasteiger partial charge on any atom is -0.477 e. The zero-order chi connectivity index (χ0) is 15.3. The van der Waals surface area contributed by atoms with E-state index >= 15 is 0 Å². The molecule has 0 aliphatic rings. The second kappa shape index (κ2) is 7.35. The van der Waals surface area contributed by atoms with Crippen molar-refractivity contribution in [2.75, 3.05) is 7.11 Å². The average molecular weight is 316 g/mol. The summed E-state index contributed by atoms with van der Waals surface area (Å²) in [6.45, 7) is 3.64. The van der Waals surface area contributed by atoms with Crippen LogP contribution in [0.5, 0.6) is 5.75 Å². The summed E-state index contributed by atoms with van der Waals surface area (Å²) < 4.78 is 10.1. The number of carboxylic acid groups (broad SMARTS) is 1.